The van der Waals surface area contributed by atoms with Crippen molar-refractivity contribution < 1.29 is 31.8 Å². The molecule has 4 rings (SSSR count). The van der Waals surface area contributed by atoms with Crippen LogP contribution < -0.4 is 10.1 Å². The third-order valence-corrected chi connectivity index (χ3v) is 4.40. The third-order valence-electron chi connectivity index (χ3n) is 4.40. The second kappa shape index (κ2) is 7.75. The maximum Gasteiger partial charge on any atom is 0.573 e. The Bertz CT molecular complexity index is 1050. The Hall–Kier alpha value is -3.47. The fourth-order valence-corrected chi connectivity index (χ4v) is 3.00. The highest BCUT2D eigenvalue weighted by molar-refractivity contribution is 6.03. The van der Waals surface area contributed by atoms with Gasteiger partial charge in [0.25, 0.3) is 5.91 Å². The average molecular weight is 422 g/mol. The molecule has 0 unspecified atom stereocenters. The Morgan fingerprint density at radius 2 is 1.83 bits per heavy atom. The van der Waals surface area contributed by atoms with E-state index in [1.165, 1.54) is 28.9 Å². The molecule has 1 N–H and O–H groups in total. The van der Waals surface area contributed by atoms with Crippen molar-refractivity contribution in [2.75, 3.05) is 5.32 Å². The van der Waals surface area contributed by atoms with Crippen molar-refractivity contribution in [2.45, 2.75) is 25.6 Å². The van der Waals surface area contributed by atoms with E-state index < -0.39 is 18.0 Å². The number of halogens is 4. The number of hydrogen-bond donors (Lipinski definition) is 1. The molecule has 0 spiro atoms. The number of alkyl halides is 3. The first-order valence-electron chi connectivity index (χ1n) is 8.75. The van der Waals surface area contributed by atoms with Gasteiger partial charge in [-0.2, -0.15) is 0 Å². The van der Waals surface area contributed by atoms with Gasteiger partial charge in [0.15, 0.2) is 5.69 Å². The number of anilines is 1. The Labute approximate surface area is 167 Å². The number of carbonyl (C=O) groups is 1. The first-order chi connectivity index (χ1) is 14.3. The fraction of sp³-hybridized carbons (Fsp3) is 0.211. The maximum atomic E-state index is 13.1. The van der Waals surface area contributed by atoms with Gasteiger partial charge < -0.3 is 14.8 Å². The average Bonchev–Trinajstić information content (AvgIpc) is 3.12. The number of hydrogen-bond acceptors (Lipinski definition) is 5. The topological polar surface area (TPSA) is 78.3 Å². The molecule has 30 heavy (non-hydrogen) atoms. The van der Waals surface area contributed by atoms with Crippen LogP contribution in [0.15, 0.2) is 48.5 Å². The van der Waals surface area contributed by atoms with E-state index in [4.69, 9.17) is 4.74 Å². The summed E-state index contributed by atoms with van der Waals surface area (Å²) in [4.78, 5) is 12.5. The summed E-state index contributed by atoms with van der Waals surface area (Å²) in [5, 5.41) is 10.4. The van der Waals surface area contributed by atoms with Gasteiger partial charge in [0, 0.05) is 5.69 Å². The Balaban J connectivity index is 1.44. The van der Waals surface area contributed by atoms with Gasteiger partial charge in [0.2, 0.25) is 0 Å². The van der Waals surface area contributed by atoms with Gasteiger partial charge in [-0.25, -0.2) is 9.07 Å². The molecule has 1 aromatic heterocycles. The van der Waals surface area contributed by atoms with E-state index in [-0.39, 0.29) is 29.9 Å². The van der Waals surface area contributed by atoms with Crippen LogP contribution in [0.2, 0.25) is 0 Å². The van der Waals surface area contributed by atoms with Gasteiger partial charge in [-0.15, -0.1) is 18.3 Å². The van der Waals surface area contributed by atoms with Crippen molar-refractivity contribution >= 4 is 11.6 Å². The van der Waals surface area contributed by atoms with Gasteiger partial charge in [0.1, 0.15) is 17.7 Å². The molecule has 0 radical (unpaired) electrons. The first-order valence-corrected chi connectivity index (χ1v) is 8.75. The third kappa shape index (κ3) is 4.40. The van der Waals surface area contributed by atoms with Gasteiger partial charge in [0.05, 0.1) is 18.8 Å². The molecule has 2 aromatic carbocycles. The Morgan fingerprint density at radius 3 is 2.50 bits per heavy atom. The molecule has 0 bridgehead atoms. The number of nitrogens with zero attached hydrogens (tertiary/aromatic N) is 3. The minimum atomic E-state index is -4.79. The number of amides is 1. The van der Waals surface area contributed by atoms with Crippen LogP contribution in [0.5, 0.6) is 5.75 Å². The lowest BCUT2D eigenvalue weighted by Crippen LogP contribution is -2.24. The monoisotopic (exact) mass is 422 g/mol. The molecule has 0 fully saturated rings. The van der Waals surface area contributed by atoms with E-state index >= 15 is 0 Å². The second-order valence-corrected chi connectivity index (χ2v) is 6.44. The number of rotatable bonds is 4. The smallest absolute Gasteiger partial charge is 0.406 e. The van der Waals surface area contributed by atoms with Gasteiger partial charge >= 0.3 is 6.36 Å². The van der Waals surface area contributed by atoms with E-state index in [0.717, 1.165) is 17.7 Å². The standard InChI is InChI=1S/C19H14F4N4O3/c20-12-3-1-11(2-4-12)16-9-27-15(10-29-16)17(25-26-27)18(28)24-13-5-7-14(8-6-13)30-19(21,22)23/h1-8,16H,9-10H2,(H,24,28)/t16-/m0/s1. The quantitative estimate of drug-likeness (QED) is 0.647. The molecule has 2 heterocycles. The molecule has 0 aliphatic carbocycles. The predicted octanol–water partition coefficient (Wildman–Crippen LogP) is 3.84. The van der Waals surface area contributed by atoms with Gasteiger partial charge in [-0.05, 0) is 42.0 Å². The fourth-order valence-electron chi connectivity index (χ4n) is 3.00. The van der Waals surface area contributed by atoms with E-state index in [9.17, 15) is 22.4 Å². The Kier molecular flexibility index (Phi) is 5.12. The van der Waals surface area contributed by atoms with Crippen LogP contribution in [-0.4, -0.2) is 27.3 Å². The highest BCUT2D eigenvalue weighted by Gasteiger charge is 2.31. The number of fused-ring (bicyclic) bond motifs is 1. The molecule has 11 heteroatoms. The van der Waals surface area contributed by atoms with Crippen molar-refractivity contribution in [2.24, 2.45) is 0 Å². The normalized spacial score (nSPS) is 16.1. The number of benzene rings is 2. The molecule has 1 aliphatic rings. The van der Waals surface area contributed by atoms with E-state index in [1.54, 1.807) is 12.1 Å². The zero-order valence-corrected chi connectivity index (χ0v) is 15.2. The zero-order valence-electron chi connectivity index (χ0n) is 15.2. The lowest BCUT2D eigenvalue weighted by molar-refractivity contribution is -0.274. The molecular formula is C19H14F4N4O3. The van der Waals surface area contributed by atoms with Crippen LogP contribution >= 0.6 is 0 Å². The first kappa shape index (κ1) is 19.8. The molecule has 156 valence electrons. The van der Waals surface area contributed by atoms with Crippen LogP contribution in [0, 0.1) is 5.82 Å². The number of aromatic nitrogens is 3. The van der Waals surface area contributed by atoms with Crippen molar-refractivity contribution in [1.29, 1.82) is 0 Å². The van der Waals surface area contributed by atoms with Crippen LogP contribution in [-0.2, 0) is 17.9 Å². The van der Waals surface area contributed by atoms with E-state index in [2.05, 4.69) is 20.4 Å². The number of ether oxygens (including phenoxy) is 2. The molecule has 1 amide bonds. The Morgan fingerprint density at radius 1 is 1.13 bits per heavy atom. The van der Waals surface area contributed by atoms with E-state index in [1.807, 2.05) is 0 Å². The highest BCUT2D eigenvalue weighted by Crippen LogP contribution is 2.28. The SMILES string of the molecule is O=C(Nc1ccc(OC(F)(F)F)cc1)c1nnn2c1CO[C@H](c1ccc(F)cc1)C2. The predicted molar refractivity (Wildman–Crippen MR) is 95.0 cm³/mol. The lowest BCUT2D eigenvalue weighted by atomic mass is 10.1. The molecule has 1 atom stereocenters. The molecular weight excluding hydrogens is 408 g/mol. The van der Waals surface area contributed by atoms with Crippen LogP contribution in [0.1, 0.15) is 27.8 Å². The van der Waals surface area contributed by atoms with Gasteiger partial charge in [-0.1, -0.05) is 17.3 Å². The second-order valence-electron chi connectivity index (χ2n) is 6.44. The van der Waals surface area contributed by atoms with Crippen LogP contribution in [0.4, 0.5) is 23.2 Å². The van der Waals surface area contributed by atoms with Gasteiger partial charge in [-0.3, -0.25) is 4.79 Å². The van der Waals surface area contributed by atoms with Crippen molar-refractivity contribution in [3.05, 3.63) is 71.3 Å². The van der Waals surface area contributed by atoms with Crippen LogP contribution in [0.3, 0.4) is 0 Å². The maximum absolute atomic E-state index is 13.1. The summed E-state index contributed by atoms with van der Waals surface area (Å²) < 4.78 is 60.8. The lowest BCUT2D eigenvalue weighted by Gasteiger charge is -2.24. The summed E-state index contributed by atoms with van der Waals surface area (Å²) in [6.45, 7) is 0.362. The molecule has 0 saturated heterocycles. The summed E-state index contributed by atoms with van der Waals surface area (Å²) in [5.74, 6) is -1.33. The minimum Gasteiger partial charge on any atom is -0.406 e. The number of carbonyl (C=O) groups excluding carboxylic acids is 1. The summed E-state index contributed by atoms with van der Waals surface area (Å²) in [6, 6.07) is 10.6. The van der Waals surface area contributed by atoms with Crippen molar-refractivity contribution in [3.8, 4) is 5.75 Å². The summed E-state index contributed by atoms with van der Waals surface area (Å²) in [7, 11) is 0. The van der Waals surface area contributed by atoms with E-state index in [0.29, 0.717) is 12.2 Å². The number of nitrogens with one attached hydrogen (secondary N) is 1. The highest BCUT2D eigenvalue weighted by atomic mass is 19.4. The molecule has 7 nitrogen and oxygen atoms in total. The summed E-state index contributed by atoms with van der Waals surface area (Å²) in [6.07, 6.45) is -5.16. The van der Waals surface area contributed by atoms with Crippen LogP contribution in [0.25, 0.3) is 0 Å². The molecule has 0 saturated carbocycles. The summed E-state index contributed by atoms with van der Waals surface area (Å²) in [5.41, 5.74) is 1.54. The largest absolute Gasteiger partial charge is 0.573 e. The molecule has 3 aromatic rings. The minimum absolute atomic E-state index is 0.0446. The zero-order chi connectivity index (χ0) is 21.3. The van der Waals surface area contributed by atoms with Crippen molar-refractivity contribution in [1.82, 2.24) is 15.0 Å². The van der Waals surface area contributed by atoms with Crippen molar-refractivity contribution in [3.63, 3.8) is 0 Å². The summed E-state index contributed by atoms with van der Waals surface area (Å²) >= 11 is 0. The molecule has 1 aliphatic heterocycles.